The lowest BCUT2D eigenvalue weighted by molar-refractivity contribution is 0.116. The summed E-state index contributed by atoms with van der Waals surface area (Å²) in [6.45, 7) is 1.08. The summed E-state index contributed by atoms with van der Waals surface area (Å²) in [4.78, 5) is 6.92. The molecule has 1 N–H and O–H groups in total. The maximum atomic E-state index is 9.54. The van der Waals surface area contributed by atoms with Gasteiger partial charge < -0.3 is 9.63 Å². The van der Waals surface area contributed by atoms with Crippen molar-refractivity contribution in [1.82, 2.24) is 15.0 Å². The molecule has 0 amide bonds. The molecule has 0 spiro atoms. The molecule has 2 aliphatic rings. The first kappa shape index (κ1) is 13.4. The van der Waals surface area contributed by atoms with Crippen LogP contribution in [0.15, 0.2) is 4.52 Å². The summed E-state index contributed by atoms with van der Waals surface area (Å²) in [6, 6.07) is 0.283. The summed E-state index contributed by atoms with van der Waals surface area (Å²) in [7, 11) is 2.12. The Kier molecular flexibility index (Phi) is 4.10. The Labute approximate surface area is 117 Å². The van der Waals surface area contributed by atoms with Crippen LogP contribution in [0.2, 0.25) is 0 Å². The number of aliphatic hydroxyl groups excluding tert-OH is 1. The summed E-state index contributed by atoms with van der Waals surface area (Å²) >= 11 is 1.95. The minimum Gasteiger partial charge on any atom is -0.393 e. The fraction of sp³-hybridized carbons (Fsp3) is 0.846. The van der Waals surface area contributed by atoms with Gasteiger partial charge in [0, 0.05) is 24.0 Å². The van der Waals surface area contributed by atoms with Crippen molar-refractivity contribution in [3.63, 3.8) is 0 Å². The number of hydrogen-bond donors (Lipinski definition) is 1. The fourth-order valence-electron chi connectivity index (χ4n) is 2.83. The summed E-state index contributed by atoms with van der Waals surface area (Å²) < 4.78 is 5.46. The quantitative estimate of drug-likeness (QED) is 0.893. The first-order valence-corrected chi connectivity index (χ1v) is 8.19. The molecule has 1 atom stereocenters. The highest BCUT2D eigenvalue weighted by atomic mass is 32.2. The van der Waals surface area contributed by atoms with Gasteiger partial charge in [0.2, 0.25) is 5.89 Å². The predicted molar refractivity (Wildman–Crippen MR) is 74.2 cm³/mol. The van der Waals surface area contributed by atoms with E-state index in [-0.39, 0.29) is 12.1 Å². The van der Waals surface area contributed by atoms with Crippen LogP contribution in [0, 0.1) is 0 Å². The number of aromatic nitrogens is 2. The number of thioether (sulfide) groups is 1. The van der Waals surface area contributed by atoms with E-state index in [0.29, 0.717) is 5.92 Å². The van der Waals surface area contributed by atoms with E-state index in [1.165, 1.54) is 5.75 Å². The van der Waals surface area contributed by atoms with E-state index in [9.17, 15) is 5.11 Å². The second-order valence-electron chi connectivity index (χ2n) is 5.57. The molecule has 19 heavy (non-hydrogen) atoms. The third-order valence-electron chi connectivity index (χ3n) is 4.20. The van der Waals surface area contributed by atoms with Crippen LogP contribution in [-0.2, 0) is 0 Å². The van der Waals surface area contributed by atoms with Gasteiger partial charge in [-0.3, -0.25) is 4.90 Å². The topological polar surface area (TPSA) is 62.4 Å². The maximum absolute atomic E-state index is 9.54. The first-order valence-electron chi connectivity index (χ1n) is 7.03. The van der Waals surface area contributed by atoms with Gasteiger partial charge in [-0.05, 0) is 32.7 Å². The number of nitrogens with zero attached hydrogens (tertiary/aromatic N) is 3. The molecule has 2 heterocycles. The normalized spacial score (nSPS) is 33.5. The molecular formula is C13H21N3O2S. The van der Waals surface area contributed by atoms with Crippen LogP contribution in [0.5, 0.6) is 0 Å². The molecule has 5 nitrogen and oxygen atoms in total. The Bertz CT molecular complexity index is 418. The molecule has 1 aliphatic carbocycles. The van der Waals surface area contributed by atoms with E-state index >= 15 is 0 Å². The second kappa shape index (κ2) is 5.81. The van der Waals surface area contributed by atoms with Gasteiger partial charge in [-0.1, -0.05) is 5.16 Å². The maximum Gasteiger partial charge on any atom is 0.229 e. The minimum absolute atomic E-state index is 0.139. The zero-order valence-electron chi connectivity index (χ0n) is 11.3. The summed E-state index contributed by atoms with van der Waals surface area (Å²) in [5.74, 6) is 4.16. The molecule has 2 fully saturated rings. The summed E-state index contributed by atoms with van der Waals surface area (Å²) in [5.41, 5.74) is 0. The van der Waals surface area contributed by atoms with Crippen molar-refractivity contribution < 1.29 is 9.63 Å². The summed E-state index contributed by atoms with van der Waals surface area (Å²) in [5, 5.41) is 13.7. The van der Waals surface area contributed by atoms with Crippen LogP contribution in [0.4, 0.5) is 0 Å². The lowest BCUT2D eigenvalue weighted by atomic mass is 9.87. The average Bonchev–Trinajstić information content (AvgIpc) is 2.89. The number of rotatable bonds is 2. The van der Waals surface area contributed by atoms with Gasteiger partial charge in [-0.2, -0.15) is 16.7 Å². The van der Waals surface area contributed by atoms with Crippen molar-refractivity contribution in [2.75, 3.05) is 25.1 Å². The molecule has 0 aromatic carbocycles. The Balaban J connectivity index is 1.68. The Morgan fingerprint density at radius 2 is 2.11 bits per heavy atom. The van der Waals surface area contributed by atoms with Crippen molar-refractivity contribution in [3.05, 3.63) is 11.7 Å². The van der Waals surface area contributed by atoms with Crippen LogP contribution in [0.1, 0.15) is 49.4 Å². The van der Waals surface area contributed by atoms with E-state index < -0.39 is 0 Å². The van der Waals surface area contributed by atoms with Crippen molar-refractivity contribution in [2.24, 2.45) is 0 Å². The van der Waals surface area contributed by atoms with E-state index in [1.54, 1.807) is 0 Å². The molecule has 3 rings (SSSR count). The molecule has 1 unspecified atom stereocenters. The second-order valence-corrected chi connectivity index (χ2v) is 6.72. The Hall–Kier alpha value is -0.590. The fourth-order valence-corrected chi connectivity index (χ4v) is 4.04. The third-order valence-corrected chi connectivity index (χ3v) is 5.22. The Morgan fingerprint density at radius 3 is 2.84 bits per heavy atom. The molecule has 1 aromatic heterocycles. The lowest BCUT2D eigenvalue weighted by Crippen LogP contribution is -2.33. The molecule has 0 bridgehead atoms. The lowest BCUT2D eigenvalue weighted by Gasteiger charge is -2.29. The Morgan fingerprint density at radius 1 is 1.32 bits per heavy atom. The average molecular weight is 283 g/mol. The van der Waals surface area contributed by atoms with E-state index in [4.69, 9.17) is 4.52 Å². The van der Waals surface area contributed by atoms with Crippen LogP contribution in [0.3, 0.4) is 0 Å². The predicted octanol–water partition coefficient (Wildman–Crippen LogP) is 1.81. The van der Waals surface area contributed by atoms with Crippen molar-refractivity contribution in [3.8, 4) is 0 Å². The SMILES string of the molecule is CN1CCSCC1c1noc(C2CCC(O)CC2)n1. The highest BCUT2D eigenvalue weighted by molar-refractivity contribution is 7.99. The van der Waals surface area contributed by atoms with E-state index in [1.807, 2.05) is 11.8 Å². The smallest absolute Gasteiger partial charge is 0.229 e. The zero-order chi connectivity index (χ0) is 13.2. The molecule has 0 radical (unpaired) electrons. The van der Waals surface area contributed by atoms with Gasteiger partial charge in [-0.25, -0.2) is 0 Å². The van der Waals surface area contributed by atoms with Crippen LogP contribution in [0.25, 0.3) is 0 Å². The van der Waals surface area contributed by atoms with Crippen molar-refractivity contribution in [2.45, 2.75) is 43.7 Å². The van der Waals surface area contributed by atoms with Gasteiger partial charge in [0.1, 0.15) is 0 Å². The largest absolute Gasteiger partial charge is 0.393 e. The number of aliphatic hydroxyl groups is 1. The molecular weight excluding hydrogens is 262 g/mol. The monoisotopic (exact) mass is 283 g/mol. The van der Waals surface area contributed by atoms with Gasteiger partial charge in [-0.15, -0.1) is 0 Å². The van der Waals surface area contributed by atoms with E-state index in [0.717, 1.165) is 49.7 Å². The molecule has 1 aliphatic heterocycles. The highest BCUT2D eigenvalue weighted by Crippen LogP contribution is 2.33. The molecule has 1 aromatic rings. The van der Waals surface area contributed by atoms with Gasteiger partial charge in [0.25, 0.3) is 0 Å². The molecule has 1 saturated carbocycles. The third kappa shape index (κ3) is 2.95. The van der Waals surface area contributed by atoms with Gasteiger partial charge >= 0.3 is 0 Å². The van der Waals surface area contributed by atoms with Gasteiger partial charge in [0.05, 0.1) is 12.1 Å². The van der Waals surface area contributed by atoms with Gasteiger partial charge in [0.15, 0.2) is 5.82 Å². The molecule has 1 saturated heterocycles. The van der Waals surface area contributed by atoms with E-state index in [2.05, 4.69) is 22.1 Å². The number of hydrogen-bond acceptors (Lipinski definition) is 6. The van der Waals surface area contributed by atoms with Crippen LogP contribution < -0.4 is 0 Å². The van der Waals surface area contributed by atoms with Crippen molar-refractivity contribution >= 4 is 11.8 Å². The van der Waals surface area contributed by atoms with Crippen molar-refractivity contribution in [1.29, 1.82) is 0 Å². The first-order chi connectivity index (χ1) is 9.24. The summed E-state index contributed by atoms with van der Waals surface area (Å²) in [6.07, 6.45) is 3.47. The standard InChI is InChI=1S/C13H21N3O2S/c1-16-6-7-19-8-11(16)12-14-13(18-15-12)9-2-4-10(17)5-3-9/h9-11,17H,2-8H2,1H3. The van der Waals surface area contributed by atoms with Crippen LogP contribution >= 0.6 is 11.8 Å². The highest BCUT2D eigenvalue weighted by Gasteiger charge is 2.29. The van der Waals surface area contributed by atoms with Crippen LogP contribution in [-0.4, -0.2) is 51.3 Å². The molecule has 106 valence electrons. The minimum atomic E-state index is -0.139. The molecule has 6 heteroatoms. The zero-order valence-corrected chi connectivity index (χ0v) is 12.1.